The molecule has 0 bridgehead atoms. The Hall–Kier alpha value is -2.67. The molecule has 0 unspecified atom stereocenters. The van der Waals surface area contributed by atoms with E-state index in [9.17, 15) is 4.79 Å². The highest BCUT2D eigenvalue weighted by molar-refractivity contribution is 7.14. The number of amides is 1. The molecule has 0 aliphatic heterocycles. The first kappa shape index (κ1) is 13.3. The van der Waals surface area contributed by atoms with Gasteiger partial charge in [0.15, 0.2) is 5.13 Å². The van der Waals surface area contributed by atoms with E-state index in [1.54, 1.807) is 30.7 Å². The Kier molecular flexibility index (Phi) is 3.65. The van der Waals surface area contributed by atoms with E-state index in [2.05, 4.69) is 25.3 Å². The van der Waals surface area contributed by atoms with Crippen LogP contribution in [-0.2, 0) is 0 Å². The molecule has 0 aliphatic carbocycles. The minimum atomic E-state index is -0.229. The van der Waals surface area contributed by atoms with Crippen LogP contribution in [0.4, 0.5) is 5.13 Å². The minimum Gasteiger partial charge on any atom is -0.298 e. The summed E-state index contributed by atoms with van der Waals surface area (Å²) in [4.78, 5) is 28.4. The number of carbonyl (C=O) groups excluding carboxylic acids is 1. The Balaban J connectivity index is 1.75. The van der Waals surface area contributed by atoms with Gasteiger partial charge in [-0.1, -0.05) is 0 Å². The van der Waals surface area contributed by atoms with E-state index >= 15 is 0 Å². The second kappa shape index (κ2) is 5.76. The van der Waals surface area contributed by atoms with Crippen LogP contribution in [0.1, 0.15) is 16.1 Å². The smallest absolute Gasteiger partial charge is 0.259 e. The van der Waals surface area contributed by atoms with Gasteiger partial charge in [0.25, 0.3) is 5.91 Å². The molecule has 21 heavy (non-hydrogen) atoms. The van der Waals surface area contributed by atoms with Crippen LogP contribution in [0.5, 0.6) is 0 Å². The highest BCUT2D eigenvalue weighted by Crippen LogP contribution is 2.23. The van der Waals surface area contributed by atoms with Gasteiger partial charge in [0.1, 0.15) is 6.33 Å². The predicted molar refractivity (Wildman–Crippen MR) is 80.1 cm³/mol. The molecule has 1 N–H and O–H groups in total. The molecule has 3 rings (SSSR count). The number of hydrogen-bond acceptors (Lipinski definition) is 6. The summed E-state index contributed by atoms with van der Waals surface area (Å²) in [6.07, 6.45) is 6.36. The van der Waals surface area contributed by atoms with Crippen molar-refractivity contribution in [2.24, 2.45) is 0 Å². The van der Waals surface area contributed by atoms with E-state index < -0.39 is 0 Å². The molecule has 0 aromatic carbocycles. The highest BCUT2D eigenvalue weighted by atomic mass is 32.1. The number of thiazole rings is 1. The molecular formula is C14H11N5OS. The van der Waals surface area contributed by atoms with Gasteiger partial charge in [0.2, 0.25) is 0 Å². The molecule has 0 atom stereocenters. The third kappa shape index (κ3) is 3.09. The monoisotopic (exact) mass is 297 g/mol. The number of aromatic nitrogens is 4. The maximum absolute atomic E-state index is 12.1. The molecule has 104 valence electrons. The molecule has 0 spiro atoms. The number of hydrogen-bond donors (Lipinski definition) is 1. The Morgan fingerprint density at radius 2 is 2.00 bits per heavy atom. The Bertz CT molecular complexity index is 755. The van der Waals surface area contributed by atoms with Crippen LogP contribution in [-0.4, -0.2) is 25.8 Å². The molecule has 0 saturated heterocycles. The van der Waals surface area contributed by atoms with E-state index in [1.807, 2.05) is 12.3 Å². The summed E-state index contributed by atoms with van der Waals surface area (Å²) in [7, 11) is 0. The second-order valence-electron chi connectivity index (χ2n) is 4.31. The number of nitrogens with one attached hydrogen (secondary N) is 1. The average Bonchev–Trinajstić information content (AvgIpc) is 2.97. The first-order valence-electron chi connectivity index (χ1n) is 6.17. The van der Waals surface area contributed by atoms with Crippen molar-refractivity contribution in [3.05, 3.63) is 53.7 Å². The van der Waals surface area contributed by atoms with Gasteiger partial charge >= 0.3 is 0 Å². The molecule has 0 radical (unpaired) electrons. The Morgan fingerprint density at radius 3 is 2.71 bits per heavy atom. The lowest BCUT2D eigenvalue weighted by molar-refractivity contribution is 0.102. The lowest BCUT2D eigenvalue weighted by Gasteiger charge is -2.01. The van der Waals surface area contributed by atoms with Crippen LogP contribution in [0.2, 0.25) is 0 Å². The van der Waals surface area contributed by atoms with Crippen LogP contribution >= 0.6 is 11.3 Å². The summed E-state index contributed by atoms with van der Waals surface area (Å²) in [5, 5.41) is 5.13. The highest BCUT2D eigenvalue weighted by Gasteiger charge is 2.10. The van der Waals surface area contributed by atoms with Gasteiger partial charge in [-0.2, -0.15) is 0 Å². The molecule has 0 aliphatic rings. The van der Waals surface area contributed by atoms with Crippen LogP contribution < -0.4 is 5.32 Å². The van der Waals surface area contributed by atoms with Crippen molar-refractivity contribution in [1.82, 2.24) is 19.9 Å². The average molecular weight is 297 g/mol. The number of aryl methyl sites for hydroxylation is 1. The quantitative estimate of drug-likeness (QED) is 0.803. The summed E-state index contributed by atoms with van der Waals surface area (Å²) in [6, 6.07) is 3.53. The van der Waals surface area contributed by atoms with Gasteiger partial charge in [-0.15, -0.1) is 11.3 Å². The van der Waals surface area contributed by atoms with Crippen LogP contribution in [0.25, 0.3) is 11.3 Å². The molecular weight excluding hydrogens is 286 g/mol. The molecule has 3 aromatic rings. The summed E-state index contributed by atoms with van der Waals surface area (Å²) >= 11 is 1.35. The molecule has 6 nitrogen and oxygen atoms in total. The van der Waals surface area contributed by atoms with Crippen molar-refractivity contribution < 1.29 is 4.79 Å². The zero-order valence-corrected chi connectivity index (χ0v) is 12.0. The number of nitrogens with zero attached hydrogens (tertiary/aromatic N) is 4. The molecule has 3 heterocycles. The normalized spacial score (nSPS) is 10.3. The molecule has 0 fully saturated rings. The van der Waals surface area contributed by atoms with Gasteiger partial charge in [0, 0.05) is 35.2 Å². The molecule has 7 heteroatoms. The molecule has 1 amide bonds. The maximum Gasteiger partial charge on any atom is 0.259 e. The van der Waals surface area contributed by atoms with Crippen molar-refractivity contribution in [1.29, 1.82) is 0 Å². The fourth-order valence-corrected chi connectivity index (χ4v) is 2.38. The number of rotatable bonds is 3. The summed E-state index contributed by atoms with van der Waals surface area (Å²) in [6.45, 7) is 1.87. The van der Waals surface area contributed by atoms with Crippen molar-refractivity contribution >= 4 is 22.4 Å². The van der Waals surface area contributed by atoms with Gasteiger partial charge in [-0.3, -0.25) is 15.1 Å². The summed E-state index contributed by atoms with van der Waals surface area (Å²) < 4.78 is 0. The number of carbonyl (C=O) groups is 1. The largest absolute Gasteiger partial charge is 0.298 e. The second-order valence-corrected chi connectivity index (χ2v) is 5.17. The SMILES string of the molecule is Cc1ccc(C(=O)Nc2nc(-c3cncnc3)cs2)cn1. The van der Waals surface area contributed by atoms with Crippen LogP contribution in [0, 0.1) is 6.92 Å². The lowest BCUT2D eigenvalue weighted by Crippen LogP contribution is -2.12. The topological polar surface area (TPSA) is 80.7 Å². The Morgan fingerprint density at radius 1 is 1.19 bits per heavy atom. The van der Waals surface area contributed by atoms with Crippen LogP contribution in [0.15, 0.2) is 42.4 Å². The van der Waals surface area contributed by atoms with Crippen molar-refractivity contribution in [2.75, 3.05) is 5.32 Å². The fourth-order valence-electron chi connectivity index (χ4n) is 1.67. The lowest BCUT2D eigenvalue weighted by atomic mass is 10.2. The van der Waals surface area contributed by atoms with Crippen molar-refractivity contribution in [3.63, 3.8) is 0 Å². The van der Waals surface area contributed by atoms with Crippen LogP contribution in [0.3, 0.4) is 0 Å². The van der Waals surface area contributed by atoms with E-state index in [-0.39, 0.29) is 5.91 Å². The third-order valence-corrected chi connectivity index (χ3v) is 3.51. The van der Waals surface area contributed by atoms with E-state index in [0.717, 1.165) is 17.0 Å². The number of anilines is 1. The Labute approximate surface area is 125 Å². The van der Waals surface area contributed by atoms with Gasteiger partial charge in [-0.25, -0.2) is 15.0 Å². The number of pyridine rings is 1. The zero-order valence-electron chi connectivity index (χ0n) is 11.1. The molecule has 3 aromatic heterocycles. The van der Waals surface area contributed by atoms with Gasteiger partial charge < -0.3 is 0 Å². The zero-order chi connectivity index (χ0) is 14.7. The van der Waals surface area contributed by atoms with Crippen molar-refractivity contribution in [2.45, 2.75) is 6.92 Å². The summed E-state index contributed by atoms with van der Waals surface area (Å²) in [5.74, 6) is -0.229. The third-order valence-electron chi connectivity index (χ3n) is 2.75. The van der Waals surface area contributed by atoms with Gasteiger partial charge in [-0.05, 0) is 19.1 Å². The van der Waals surface area contributed by atoms with Crippen molar-refractivity contribution in [3.8, 4) is 11.3 Å². The standard InChI is InChI=1S/C14H11N5OS/c1-9-2-3-10(6-17-9)13(20)19-14-18-12(7-21-14)11-4-15-8-16-5-11/h2-8H,1H3,(H,18,19,20). The summed E-state index contributed by atoms with van der Waals surface area (Å²) in [5.41, 5.74) is 2.91. The van der Waals surface area contributed by atoms with Gasteiger partial charge in [0.05, 0.1) is 11.3 Å². The maximum atomic E-state index is 12.1. The first-order chi connectivity index (χ1) is 10.2. The predicted octanol–water partition coefficient (Wildman–Crippen LogP) is 2.56. The fraction of sp³-hybridized carbons (Fsp3) is 0.0714. The van der Waals surface area contributed by atoms with E-state index in [0.29, 0.717) is 10.7 Å². The first-order valence-corrected chi connectivity index (χ1v) is 7.05. The van der Waals surface area contributed by atoms with E-state index in [1.165, 1.54) is 17.7 Å². The minimum absolute atomic E-state index is 0.229. The van der Waals surface area contributed by atoms with E-state index in [4.69, 9.17) is 0 Å². The molecule has 0 saturated carbocycles.